The maximum absolute atomic E-state index is 14.0. The first-order valence-corrected chi connectivity index (χ1v) is 11.9. The van der Waals surface area contributed by atoms with Gasteiger partial charge < -0.3 is 0 Å². The largest absolute Gasteiger partial charge is 0.217 e. The third-order valence-electron chi connectivity index (χ3n) is 5.37. The zero-order valence-electron chi connectivity index (χ0n) is 19.4. The molecule has 2 rings (SSSR count). The number of halogens is 2. The van der Waals surface area contributed by atoms with Crippen molar-refractivity contribution in [3.05, 3.63) is 82.4 Å². The molecular formula is C30H34F2. The number of hydrogen-bond acceptors (Lipinski definition) is 0. The molecule has 0 spiro atoms. The summed E-state index contributed by atoms with van der Waals surface area (Å²) in [7, 11) is 0. The number of allylic oxidation sites excluding steroid dienone is 2. The van der Waals surface area contributed by atoms with Crippen LogP contribution in [0.2, 0.25) is 0 Å². The molecule has 0 saturated heterocycles. The van der Waals surface area contributed by atoms with Gasteiger partial charge in [0.05, 0.1) is 0 Å². The van der Waals surface area contributed by atoms with Gasteiger partial charge in [-0.2, -0.15) is 8.78 Å². The zero-order chi connectivity index (χ0) is 23.0. The molecule has 0 fully saturated rings. The lowest BCUT2D eigenvalue weighted by atomic mass is 10.0. The van der Waals surface area contributed by atoms with Gasteiger partial charge in [0.2, 0.25) is 11.7 Å². The fourth-order valence-corrected chi connectivity index (χ4v) is 3.39. The van der Waals surface area contributed by atoms with Crippen molar-refractivity contribution >= 4 is 0 Å². The maximum atomic E-state index is 14.0. The van der Waals surface area contributed by atoms with Crippen LogP contribution < -0.4 is 0 Å². The molecule has 0 aliphatic carbocycles. The molecule has 0 amide bonds. The molecule has 32 heavy (non-hydrogen) atoms. The van der Waals surface area contributed by atoms with E-state index >= 15 is 0 Å². The lowest BCUT2D eigenvalue weighted by Crippen LogP contribution is -1.86. The molecule has 2 aromatic rings. The van der Waals surface area contributed by atoms with E-state index in [-0.39, 0.29) is 0 Å². The minimum absolute atomic E-state index is 0.660. The fraction of sp³-hybridized carbons (Fsp3) is 0.400. The first-order valence-electron chi connectivity index (χ1n) is 11.9. The predicted molar refractivity (Wildman–Crippen MR) is 132 cm³/mol. The molecule has 0 heterocycles. The number of unbranched alkanes of at least 4 members (excludes halogenated alkanes) is 6. The molecule has 0 aliphatic rings. The van der Waals surface area contributed by atoms with Crippen LogP contribution in [-0.4, -0.2) is 0 Å². The lowest BCUT2D eigenvalue weighted by Gasteiger charge is -2.01. The van der Waals surface area contributed by atoms with Crippen LogP contribution in [0.1, 0.15) is 87.5 Å². The highest BCUT2D eigenvalue weighted by atomic mass is 19.2. The number of rotatable bonds is 10. The van der Waals surface area contributed by atoms with Crippen molar-refractivity contribution in [2.24, 2.45) is 0 Å². The quantitative estimate of drug-likeness (QED) is 0.261. The van der Waals surface area contributed by atoms with Gasteiger partial charge >= 0.3 is 0 Å². The Kier molecular flexibility index (Phi) is 12.0. The first kappa shape index (κ1) is 25.4. The third kappa shape index (κ3) is 9.98. The van der Waals surface area contributed by atoms with Crippen LogP contribution in [0.5, 0.6) is 0 Å². The minimum Gasteiger partial charge on any atom is -0.193 e. The summed E-state index contributed by atoms with van der Waals surface area (Å²) in [6.45, 7) is 4.39. The molecule has 2 heteroatoms. The van der Waals surface area contributed by atoms with Crippen LogP contribution in [0.3, 0.4) is 0 Å². The lowest BCUT2D eigenvalue weighted by molar-refractivity contribution is 0.584. The predicted octanol–water partition coefficient (Wildman–Crippen LogP) is 8.49. The molecule has 0 bridgehead atoms. The summed E-state index contributed by atoms with van der Waals surface area (Å²) in [4.78, 5) is 0. The molecular weight excluding hydrogens is 398 g/mol. The third-order valence-corrected chi connectivity index (χ3v) is 5.37. The normalized spacial score (nSPS) is 11.1. The van der Waals surface area contributed by atoms with Gasteiger partial charge in [0, 0.05) is 11.1 Å². The SMILES string of the molecule is CCCCCCc1ccc(C#CC(F)=C(F)C#Cc2ccc(CCCCCC)cc2)cc1. The summed E-state index contributed by atoms with van der Waals surface area (Å²) in [5.41, 5.74) is 3.80. The Balaban J connectivity index is 1.91. The summed E-state index contributed by atoms with van der Waals surface area (Å²) in [5, 5.41) is 0. The van der Waals surface area contributed by atoms with E-state index < -0.39 is 11.7 Å². The van der Waals surface area contributed by atoms with Gasteiger partial charge in [0.1, 0.15) is 0 Å². The Hall–Kier alpha value is -2.84. The van der Waals surface area contributed by atoms with Gasteiger partial charge in [0.25, 0.3) is 0 Å². The van der Waals surface area contributed by atoms with E-state index in [9.17, 15) is 8.78 Å². The van der Waals surface area contributed by atoms with Crippen LogP contribution in [0.4, 0.5) is 8.78 Å². The van der Waals surface area contributed by atoms with Crippen LogP contribution in [0, 0.1) is 23.7 Å². The highest BCUT2D eigenvalue weighted by Gasteiger charge is 2.00. The number of hydrogen-bond donors (Lipinski definition) is 0. The Labute approximate surface area is 193 Å². The van der Waals surface area contributed by atoms with Gasteiger partial charge in [-0.1, -0.05) is 88.5 Å². The molecule has 0 radical (unpaired) electrons. The van der Waals surface area contributed by atoms with Crippen LogP contribution in [0.25, 0.3) is 0 Å². The highest BCUT2D eigenvalue weighted by Crippen LogP contribution is 2.12. The van der Waals surface area contributed by atoms with Gasteiger partial charge in [-0.3, -0.25) is 0 Å². The van der Waals surface area contributed by atoms with Crippen molar-refractivity contribution in [3.8, 4) is 23.7 Å². The highest BCUT2D eigenvalue weighted by molar-refractivity contribution is 5.45. The zero-order valence-corrected chi connectivity index (χ0v) is 19.4. The summed E-state index contributed by atoms with van der Waals surface area (Å²) in [6.07, 6.45) is 11.8. The Morgan fingerprint density at radius 2 is 0.938 bits per heavy atom. The smallest absolute Gasteiger partial charge is 0.193 e. The van der Waals surface area contributed by atoms with Crippen LogP contribution >= 0.6 is 0 Å². The second kappa shape index (κ2) is 15.0. The standard InChI is InChI=1S/C30H34F2/c1-3-5-7-9-11-25-13-17-27(18-14-25)21-23-29(31)30(32)24-22-28-19-15-26(16-20-28)12-10-8-6-4-2/h13-20H,3-12H2,1-2H3. The first-order chi connectivity index (χ1) is 15.6. The molecule has 0 N–H and O–H groups in total. The van der Waals surface area contributed by atoms with E-state index in [4.69, 9.17) is 0 Å². The summed E-state index contributed by atoms with van der Waals surface area (Å²) in [5.74, 6) is 7.57. The van der Waals surface area contributed by atoms with Gasteiger partial charge in [-0.05, 0) is 72.9 Å². The molecule has 0 aromatic heterocycles. The second-order valence-corrected chi connectivity index (χ2v) is 8.14. The molecule has 2 aromatic carbocycles. The molecule has 0 aliphatic heterocycles. The van der Waals surface area contributed by atoms with E-state index in [2.05, 4.69) is 37.5 Å². The van der Waals surface area contributed by atoms with E-state index in [0.29, 0.717) is 11.1 Å². The van der Waals surface area contributed by atoms with Crippen molar-refractivity contribution in [1.29, 1.82) is 0 Å². The van der Waals surface area contributed by atoms with Crippen LogP contribution in [-0.2, 0) is 12.8 Å². The topological polar surface area (TPSA) is 0 Å². The second-order valence-electron chi connectivity index (χ2n) is 8.14. The molecule has 0 unspecified atom stereocenters. The van der Waals surface area contributed by atoms with E-state index in [1.807, 2.05) is 48.5 Å². The molecule has 0 nitrogen and oxygen atoms in total. The average Bonchev–Trinajstić information content (AvgIpc) is 2.83. The number of benzene rings is 2. The summed E-state index contributed by atoms with van der Waals surface area (Å²) in [6, 6.07) is 15.4. The molecule has 168 valence electrons. The maximum Gasteiger partial charge on any atom is 0.217 e. The summed E-state index contributed by atoms with van der Waals surface area (Å²) < 4.78 is 28.0. The Morgan fingerprint density at radius 1 is 0.562 bits per heavy atom. The minimum atomic E-state index is -1.13. The Morgan fingerprint density at radius 3 is 1.28 bits per heavy atom. The van der Waals surface area contributed by atoms with Crippen molar-refractivity contribution in [2.75, 3.05) is 0 Å². The van der Waals surface area contributed by atoms with Crippen molar-refractivity contribution in [2.45, 2.75) is 78.1 Å². The van der Waals surface area contributed by atoms with Gasteiger partial charge in [0.15, 0.2) is 0 Å². The summed E-state index contributed by atoms with van der Waals surface area (Å²) >= 11 is 0. The van der Waals surface area contributed by atoms with Crippen molar-refractivity contribution in [1.82, 2.24) is 0 Å². The van der Waals surface area contributed by atoms with Crippen LogP contribution in [0.15, 0.2) is 60.2 Å². The molecule has 0 atom stereocenters. The van der Waals surface area contributed by atoms with E-state index in [0.717, 1.165) is 12.8 Å². The fourth-order valence-electron chi connectivity index (χ4n) is 3.39. The van der Waals surface area contributed by atoms with Crippen molar-refractivity contribution < 1.29 is 8.78 Å². The molecule has 0 saturated carbocycles. The van der Waals surface area contributed by atoms with Gasteiger partial charge in [-0.15, -0.1) is 0 Å². The Bertz CT molecular complexity index is 876. The monoisotopic (exact) mass is 432 g/mol. The average molecular weight is 433 g/mol. The number of aryl methyl sites for hydroxylation is 2. The van der Waals surface area contributed by atoms with E-state index in [1.54, 1.807) is 0 Å². The van der Waals surface area contributed by atoms with Crippen molar-refractivity contribution in [3.63, 3.8) is 0 Å². The van der Waals surface area contributed by atoms with Gasteiger partial charge in [-0.25, -0.2) is 0 Å². The van der Waals surface area contributed by atoms with E-state index in [1.165, 1.54) is 62.5 Å².